The van der Waals surface area contributed by atoms with Gasteiger partial charge in [0.05, 0.1) is 5.69 Å². The number of imidazole rings is 1. The molecule has 0 saturated heterocycles. The van der Waals surface area contributed by atoms with E-state index >= 15 is 0 Å². The molecule has 1 amide bonds. The van der Waals surface area contributed by atoms with Crippen molar-refractivity contribution in [2.45, 2.75) is 25.7 Å². The van der Waals surface area contributed by atoms with Gasteiger partial charge in [-0.3, -0.25) is 4.79 Å². The molecular weight excluding hydrogens is 264 g/mol. The molecule has 2 aromatic heterocycles. The van der Waals surface area contributed by atoms with E-state index in [0.29, 0.717) is 13.0 Å². The highest BCUT2D eigenvalue weighted by atomic mass is 19.3. The van der Waals surface area contributed by atoms with E-state index in [1.165, 1.54) is 0 Å². The molecule has 1 atom stereocenters. The number of halogens is 2. The van der Waals surface area contributed by atoms with Gasteiger partial charge in [-0.1, -0.05) is 6.07 Å². The molecule has 1 aliphatic rings. The number of alkyl halides is 2. The molecule has 6 heteroatoms. The molecule has 0 radical (unpaired) electrons. The van der Waals surface area contributed by atoms with Gasteiger partial charge in [-0.15, -0.1) is 0 Å². The number of amides is 1. The summed E-state index contributed by atoms with van der Waals surface area (Å²) >= 11 is 0. The predicted molar refractivity (Wildman–Crippen MR) is 69.7 cm³/mol. The Bertz CT molecular complexity index is 665. The highest BCUT2D eigenvalue weighted by Crippen LogP contribution is 2.48. The maximum absolute atomic E-state index is 12.7. The van der Waals surface area contributed by atoms with Crippen molar-refractivity contribution >= 4 is 11.6 Å². The molecule has 1 unspecified atom stereocenters. The van der Waals surface area contributed by atoms with Crippen molar-refractivity contribution in [2.24, 2.45) is 5.92 Å². The van der Waals surface area contributed by atoms with Crippen LogP contribution >= 0.6 is 0 Å². The number of rotatable bonds is 4. The van der Waals surface area contributed by atoms with Gasteiger partial charge in [0.25, 0.3) is 5.92 Å². The summed E-state index contributed by atoms with van der Waals surface area (Å²) in [6.45, 7) is 2.30. The third-order valence-corrected chi connectivity index (χ3v) is 3.55. The van der Waals surface area contributed by atoms with Crippen LogP contribution in [0.15, 0.2) is 24.5 Å². The molecule has 3 rings (SSSR count). The summed E-state index contributed by atoms with van der Waals surface area (Å²) in [7, 11) is 0. The van der Waals surface area contributed by atoms with Gasteiger partial charge in [0.15, 0.2) is 0 Å². The summed E-state index contributed by atoms with van der Waals surface area (Å²) in [6.07, 6.45) is 4.00. The van der Waals surface area contributed by atoms with Crippen molar-refractivity contribution in [3.8, 4) is 0 Å². The van der Waals surface area contributed by atoms with Crippen molar-refractivity contribution in [1.29, 1.82) is 0 Å². The van der Waals surface area contributed by atoms with E-state index in [-0.39, 0.29) is 6.42 Å². The molecular formula is C14H15F2N3O. The van der Waals surface area contributed by atoms with Crippen LogP contribution in [0.3, 0.4) is 0 Å². The summed E-state index contributed by atoms with van der Waals surface area (Å²) in [5.41, 5.74) is 2.78. The van der Waals surface area contributed by atoms with Gasteiger partial charge in [0.1, 0.15) is 11.6 Å². The fourth-order valence-electron chi connectivity index (χ4n) is 2.26. The maximum Gasteiger partial charge on any atom is 0.260 e. The molecule has 2 aromatic rings. The Morgan fingerprint density at radius 2 is 2.35 bits per heavy atom. The molecule has 0 aliphatic heterocycles. The van der Waals surface area contributed by atoms with E-state index in [0.717, 1.165) is 16.9 Å². The zero-order chi connectivity index (χ0) is 14.3. The van der Waals surface area contributed by atoms with Gasteiger partial charge in [0, 0.05) is 31.8 Å². The number of hydrogen-bond donors (Lipinski definition) is 1. The minimum absolute atomic E-state index is 0.327. The average molecular weight is 279 g/mol. The molecule has 1 saturated carbocycles. The van der Waals surface area contributed by atoms with Crippen LogP contribution in [0.5, 0.6) is 0 Å². The smallest absolute Gasteiger partial charge is 0.260 e. The van der Waals surface area contributed by atoms with Crippen LogP contribution in [0, 0.1) is 12.8 Å². The van der Waals surface area contributed by atoms with Gasteiger partial charge in [-0.2, -0.15) is 0 Å². The second-order valence-corrected chi connectivity index (χ2v) is 5.21. The van der Waals surface area contributed by atoms with E-state index in [4.69, 9.17) is 0 Å². The third kappa shape index (κ3) is 2.37. The molecule has 1 fully saturated rings. The van der Waals surface area contributed by atoms with Crippen molar-refractivity contribution in [3.05, 3.63) is 35.8 Å². The first-order valence-corrected chi connectivity index (χ1v) is 6.56. The Kier molecular flexibility index (Phi) is 2.96. The number of fused-ring (bicyclic) bond motifs is 1. The predicted octanol–water partition coefficient (Wildman–Crippen LogP) is 1.96. The van der Waals surface area contributed by atoms with Crippen LogP contribution in [-0.4, -0.2) is 27.8 Å². The van der Waals surface area contributed by atoms with Crippen LogP contribution < -0.4 is 5.32 Å². The van der Waals surface area contributed by atoms with Crippen LogP contribution in [0.2, 0.25) is 0 Å². The molecule has 106 valence electrons. The topological polar surface area (TPSA) is 46.4 Å². The molecule has 0 aromatic carbocycles. The first-order valence-electron chi connectivity index (χ1n) is 6.56. The Morgan fingerprint density at radius 1 is 1.60 bits per heavy atom. The largest absolute Gasteiger partial charge is 0.355 e. The maximum atomic E-state index is 12.7. The molecule has 4 nitrogen and oxygen atoms in total. The monoisotopic (exact) mass is 279 g/mol. The van der Waals surface area contributed by atoms with E-state index < -0.39 is 17.7 Å². The Balaban J connectivity index is 1.58. The van der Waals surface area contributed by atoms with E-state index in [9.17, 15) is 13.6 Å². The van der Waals surface area contributed by atoms with Crippen LogP contribution in [0.4, 0.5) is 8.78 Å². The molecule has 20 heavy (non-hydrogen) atoms. The lowest BCUT2D eigenvalue weighted by Gasteiger charge is -2.02. The zero-order valence-electron chi connectivity index (χ0n) is 11.1. The first kappa shape index (κ1) is 13.0. The SMILES string of the molecule is Cc1cccn2cc(CCNC(=O)C3CC3(F)F)nc12. The lowest BCUT2D eigenvalue weighted by Crippen LogP contribution is -2.29. The average Bonchev–Trinajstić information content (AvgIpc) is 2.84. The summed E-state index contributed by atoms with van der Waals surface area (Å²) in [4.78, 5) is 15.9. The van der Waals surface area contributed by atoms with Crippen molar-refractivity contribution < 1.29 is 13.6 Å². The number of hydrogen-bond acceptors (Lipinski definition) is 2. The highest BCUT2D eigenvalue weighted by molar-refractivity contribution is 5.82. The zero-order valence-corrected chi connectivity index (χ0v) is 11.1. The summed E-state index contributed by atoms with van der Waals surface area (Å²) in [5, 5.41) is 2.54. The summed E-state index contributed by atoms with van der Waals surface area (Å²) in [5.74, 6) is -4.50. The van der Waals surface area contributed by atoms with E-state index in [1.807, 2.05) is 35.9 Å². The van der Waals surface area contributed by atoms with Gasteiger partial charge < -0.3 is 9.72 Å². The number of nitrogens with one attached hydrogen (secondary N) is 1. The number of carbonyl (C=O) groups excluding carboxylic acids is 1. The Labute approximate surface area is 114 Å². The van der Waals surface area contributed by atoms with Gasteiger partial charge in [-0.05, 0) is 18.6 Å². The second kappa shape index (κ2) is 4.54. The number of carbonyl (C=O) groups is 1. The minimum Gasteiger partial charge on any atom is -0.355 e. The van der Waals surface area contributed by atoms with Gasteiger partial charge in [0.2, 0.25) is 5.91 Å². The second-order valence-electron chi connectivity index (χ2n) is 5.21. The van der Waals surface area contributed by atoms with Crippen molar-refractivity contribution in [1.82, 2.24) is 14.7 Å². The Morgan fingerprint density at radius 3 is 3.00 bits per heavy atom. The number of nitrogens with zero attached hydrogens (tertiary/aromatic N) is 2. The third-order valence-electron chi connectivity index (χ3n) is 3.55. The Hall–Kier alpha value is -1.98. The minimum atomic E-state index is -2.80. The molecule has 0 bridgehead atoms. The fourth-order valence-corrected chi connectivity index (χ4v) is 2.26. The lowest BCUT2D eigenvalue weighted by molar-refractivity contribution is -0.124. The lowest BCUT2D eigenvalue weighted by atomic mass is 10.3. The number of aromatic nitrogens is 2. The highest BCUT2D eigenvalue weighted by Gasteiger charge is 2.61. The van der Waals surface area contributed by atoms with Crippen LogP contribution in [-0.2, 0) is 11.2 Å². The molecule has 0 spiro atoms. The van der Waals surface area contributed by atoms with Crippen molar-refractivity contribution in [3.63, 3.8) is 0 Å². The first-order chi connectivity index (χ1) is 9.47. The standard InChI is InChI=1S/C14H15F2N3O/c1-9-3-2-6-19-8-10(18-12(9)19)4-5-17-13(20)11-7-14(11,15)16/h2-3,6,8,11H,4-5,7H2,1H3,(H,17,20). The number of pyridine rings is 1. The number of aryl methyl sites for hydroxylation is 1. The van der Waals surface area contributed by atoms with Gasteiger partial charge in [-0.25, -0.2) is 13.8 Å². The van der Waals surface area contributed by atoms with Gasteiger partial charge >= 0.3 is 0 Å². The van der Waals surface area contributed by atoms with Crippen LogP contribution in [0.1, 0.15) is 17.7 Å². The normalized spacial score (nSPS) is 20.1. The van der Waals surface area contributed by atoms with E-state index in [2.05, 4.69) is 10.3 Å². The quantitative estimate of drug-likeness (QED) is 0.930. The summed E-state index contributed by atoms with van der Waals surface area (Å²) in [6, 6.07) is 3.91. The van der Waals surface area contributed by atoms with Crippen LogP contribution in [0.25, 0.3) is 5.65 Å². The molecule has 1 N–H and O–H groups in total. The van der Waals surface area contributed by atoms with E-state index in [1.54, 1.807) is 0 Å². The van der Waals surface area contributed by atoms with Crippen molar-refractivity contribution in [2.75, 3.05) is 6.54 Å². The summed E-state index contributed by atoms with van der Waals surface area (Å²) < 4.78 is 27.3. The molecule has 1 aliphatic carbocycles. The molecule has 2 heterocycles. The fraction of sp³-hybridized carbons (Fsp3) is 0.429.